The van der Waals surface area contributed by atoms with Gasteiger partial charge in [0.1, 0.15) is 6.10 Å². The Kier molecular flexibility index (Phi) is 4.52. The predicted octanol–water partition coefficient (Wildman–Crippen LogP) is 1.93. The van der Waals surface area contributed by atoms with Gasteiger partial charge in [0.25, 0.3) is 0 Å². The van der Waals surface area contributed by atoms with Crippen LogP contribution in [0.3, 0.4) is 0 Å². The summed E-state index contributed by atoms with van der Waals surface area (Å²) in [7, 11) is 0. The van der Waals surface area contributed by atoms with Crippen molar-refractivity contribution in [3.8, 4) is 0 Å². The Morgan fingerprint density at radius 1 is 1.40 bits per heavy atom. The topological polar surface area (TPSA) is 54.5 Å². The quantitative estimate of drug-likeness (QED) is 0.922. The number of ether oxygens (including phenoxy) is 1. The van der Waals surface area contributed by atoms with E-state index >= 15 is 0 Å². The third kappa shape index (κ3) is 3.30. The predicted molar refractivity (Wildman–Crippen MR) is 79.0 cm³/mol. The van der Waals surface area contributed by atoms with E-state index < -0.39 is 0 Å². The summed E-state index contributed by atoms with van der Waals surface area (Å²) in [5.41, 5.74) is 0.945. The number of hydrogen-bond acceptors (Lipinski definition) is 5. The molecule has 5 nitrogen and oxygen atoms in total. The lowest BCUT2D eigenvalue weighted by Crippen LogP contribution is -2.38. The number of aromatic nitrogens is 1. The lowest BCUT2D eigenvalue weighted by atomic mass is 10.1. The van der Waals surface area contributed by atoms with Crippen LogP contribution in [-0.4, -0.2) is 36.7 Å². The molecule has 1 aromatic heterocycles. The average Bonchev–Trinajstić information content (AvgIpc) is 3.16. The van der Waals surface area contributed by atoms with Crippen LogP contribution in [-0.2, 0) is 16.1 Å². The van der Waals surface area contributed by atoms with Gasteiger partial charge in [-0.05, 0) is 32.1 Å². The summed E-state index contributed by atoms with van der Waals surface area (Å²) in [5, 5.41) is 6.06. The van der Waals surface area contributed by atoms with Gasteiger partial charge in [0.2, 0.25) is 5.91 Å². The van der Waals surface area contributed by atoms with Gasteiger partial charge in [-0.25, -0.2) is 4.98 Å². The molecule has 1 N–H and O–H groups in total. The number of nitrogens with one attached hydrogen (secondary N) is 1. The van der Waals surface area contributed by atoms with Crippen LogP contribution in [0.1, 0.15) is 37.8 Å². The molecule has 1 amide bonds. The first-order valence-electron chi connectivity index (χ1n) is 7.41. The van der Waals surface area contributed by atoms with E-state index in [4.69, 9.17) is 4.74 Å². The second kappa shape index (κ2) is 6.54. The number of thiazole rings is 1. The van der Waals surface area contributed by atoms with Crippen molar-refractivity contribution < 1.29 is 9.53 Å². The molecule has 0 bridgehead atoms. The number of amides is 1. The molecule has 1 aromatic rings. The molecule has 2 aliphatic rings. The SMILES string of the molecule is O=C(NCc1csc(N2CCCC2)n1)[C@H]1CCCCO1. The maximum Gasteiger partial charge on any atom is 0.249 e. The van der Waals surface area contributed by atoms with E-state index in [0.717, 1.165) is 43.2 Å². The normalized spacial score (nSPS) is 23.0. The molecule has 3 rings (SSSR count). The first kappa shape index (κ1) is 13.8. The Hall–Kier alpha value is -1.14. The van der Waals surface area contributed by atoms with E-state index in [1.54, 1.807) is 11.3 Å². The summed E-state index contributed by atoms with van der Waals surface area (Å²) in [5.74, 6) is 0.000391. The van der Waals surface area contributed by atoms with E-state index in [1.807, 2.05) is 5.38 Å². The zero-order valence-electron chi connectivity index (χ0n) is 11.6. The molecule has 2 fully saturated rings. The monoisotopic (exact) mass is 295 g/mol. The fourth-order valence-corrected chi connectivity index (χ4v) is 3.55. The molecule has 0 unspecified atom stereocenters. The summed E-state index contributed by atoms with van der Waals surface area (Å²) in [6.07, 6.45) is 5.22. The van der Waals surface area contributed by atoms with Gasteiger partial charge in [-0.2, -0.15) is 0 Å². The molecular weight excluding hydrogens is 274 g/mol. The van der Waals surface area contributed by atoms with Crippen molar-refractivity contribution in [1.29, 1.82) is 0 Å². The highest BCUT2D eigenvalue weighted by atomic mass is 32.1. The zero-order chi connectivity index (χ0) is 13.8. The van der Waals surface area contributed by atoms with Crippen LogP contribution < -0.4 is 10.2 Å². The van der Waals surface area contributed by atoms with Crippen molar-refractivity contribution >= 4 is 22.4 Å². The van der Waals surface area contributed by atoms with E-state index in [1.165, 1.54) is 12.8 Å². The van der Waals surface area contributed by atoms with Crippen LogP contribution in [0.2, 0.25) is 0 Å². The number of hydrogen-bond donors (Lipinski definition) is 1. The molecule has 0 radical (unpaired) electrons. The smallest absolute Gasteiger partial charge is 0.249 e. The third-order valence-electron chi connectivity index (χ3n) is 3.83. The van der Waals surface area contributed by atoms with Crippen molar-refractivity contribution in [2.75, 3.05) is 24.6 Å². The first-order chi connectivity index (χ1) is 9.83. The molecule has 0 aliphatic carbocycles. The zero-order valence-corrected chi connectivity index (χ0v) is 12.5. The minimum Gasteiger partial charge on any atom is -0.368 e. The van der Waals surface area contributed by atoms with Crippen LogP contribution in [0.4, 0.5) is 5.13 Å². The van der Waals surface area contributed by atoms with Gasteiger partial charge in [0.15, 0.2) is 5.13 Å². The minimum absolute atomic E-state index is 0.000391. The van der Waals surface area contributed by atoms with E-state index in [2.05, 4.69) is 15.2 Å². The third-order valence-corrected chi connectivity index (χ3v) is 4.78. The lowest BCUT2D eigenvalue weighted by Gasteiger charge is -2.21. The second-order valence-electron chi connectivity index (χ2n) is 5.39. The van der Waals surface area contributed by atoms with Crippen LogP contribution in [0, 0.1) is 0 Å². The molecule has 3 heterocycles. The molecule has 6 heteroatoms. The molecule has 20 heavy (non-hydrogen) atoms. The van der Waals surface area contributed by atoms with E-state index in [-0.39, 0.29) is 12.0 Å². The van der Waals surface area contributed by atoms with Crippen molar-refractivity contribution in [2.24, 2.45) is 0 Å². The Balaban J connectivity index is 1.49. The van der Waals surface area contributed by atoms with Crippen molar-refractivity contribution in [1.82, 2.24) is 10.3 Å². The first-order valence-corrected chi connectivity index (χ1v) is 8.29. The maximum absolute atomic E-state index is 12.0. The minimum atomic E-state index is -0.263. The fourth-order valence-electron chi connectivity index (χ4n) is 2.67. The summed E-state index contributed by atoms with van der Waals surface area (Å²) in [6, 6.07) is 0. The van der Waals surface area contributed by atoms with Crippen LogP contribution in [0.5, 0.6) is 0 Å². The van der Waals surface area contributed by atoms with Gasteiger partial charge >= 0.3 is 0 Å². The van der Waals surface area contributed by atoms with E-state index in [0.29, 0.717) is 13.2 Å². The number of carbonyl (C=O) groups excluding carboxylic acids is 1. The van der Waals surface area contributed by atoms with Gasteiger partial charge in [-0.3, -0.25) is 4.79 Å². The number of rotatable bonds is 4. The highest BCUT2D eigenvalue weighted by Crippen LogP contribution is 2.24. The fraction of sp³-hybridized carbons (Fsp3) is 0.714. The highest BCUT2D eigenvalue weighted by molar-refractivity contribution is 7.13. The molecule has 2 saturated heterocycles. The maximum atomic E-state index is 12.0. The Morgan fingerprint density at radius 2 is 2.25 bits per heavy atom. The number of nitrogens with zero attached hydrogens (tertiary/aromatic N) is 2. The summed E-state index contributed by atoms with van der Waals surface area (Å²) in [4.78, 5) is 18.9. The van der Waals surface area contributed by atoms with Crippen molar-refractivity contribution in [3.05, 3.63) is 11.1 Å². The number of carbonyl (C=O) groups is 1. The largest absolute Gasteiger partial charge is 0.368 e. The molecule has 1 atom stereocenters. The molecule has 0 aromatic carbocycles. The molecule has 2 aliphatic heterocycles. The second-order valence-corrected chi connectivity index (χ2v) is 6.23. The van der Waals surface area contributed by atoms with Crippen LogP contribution in [0.15, 0.2) is 5.38 Å². The summed E-state index contributed by atoms with van der Waals surface area (Å²) >= 11 is 1.67. The molecule has 0 saturated carbocycles. The van der Waals surface area contributed by atoms with Gasteiger partial charge in [-0.15, -0.1) is 11.3 Å². The van der Waals surface area contributed by atoms with Gasteiger partial charge in [0.05, 0.1) is 12.2 Å². The van der Waals surface area contributed by atoms with Crippen molar-refractivity contribution in [2.45, 2.75) is 44.8 Å². The standard InChI is InChI=1S/C14H21N3O2S/c18-13(12-5-1-4-8-19-12)15-9-11-10-20-14(16-11)17-6-2-3-7-17/h10,12H,1-9H2,(H,15,18)/t12-/m1/s1. The average molecular weight is 295 g/mol. The Labute approximate surface area is 123 Å². The molecule has 110 valence electrons. The van der Waals surface area contributed by atoms with Crippen molar-refractivity contribution in [3.63, 3.8) is 0 Å². The summed E-state index contributed by atoms with van der Waals surface area (Å²) in [6.45, 7) is 3.42. The van der Waals surface area contributed by atoms with Gasteiger partial charge in [-0.1, -0.05) is 0 Å². The Bertz CT molecular complexity index is 451. The van der Waals surface area contributed by atoms with E-state index in [9.17, 15) is 4.79 Å². The Morgan fingerprint density at radius 3 is 3.00 bits per heavy atom. The van der Waals surface area contributed by atoms with Gasteiger partial charge < -0.3 is 15.0 Å². The lowest BCUT2D eigenvalue weighted by molar-refractivity contribution is -0.135. The van der Waals surface area contributed by atoms with Gasteiger partial charge in [0, 0.05) is 25.1 Å². The summed E-state index contributed by atoms with van der Waals surface area (Å²) < 4.78 is 5.48. The molecule has 0 spiro atoms. The highest BCUT2D eigenvalue weighted by Gasteiger charge is 2.22. The van der Waals surface area contributed by atoms with Crippen LogP contribution in [0.25, 0.3) is 0 Å². The van der Waals surface area contributed by atoms with Crippen LogP contribution >= 0.6 is 11.3 Å². The molecular formula is C14H21N3O2S. The number of anilines is 1.